The molecule has 0 aromatic carbocycles. The summed E-state index contributed by atoms with van der Waals surface area (Å²) in [6, 6.07) is 2.59. The minimum Gasteiger partial charge on any atom is -0.322 e. The molecular weight excluding hydrogens is 545 g/mol. The van der Waals surface area contributed by atoms with E-state index in [9.17, 15) is 25.0 Å². The number of nitrogens with one attached hydrogen (secondary N) is 1. The maximum Gasteiger partial charge on any atom is 0.288 e. The van der Waals surface area contributed by atoms with Gasteiger partial charge in [-0.15, -0.1) is 0 Å². The number of rotatable bonds is 2. The highest BCUT2D eigenvalue weighted by Crippen LogP contribution is 2.20. The van der Waals surface area contributed by atoms with E-state index in [1.54, 1.807) is 22.6 Å². The summed E-state index contributed by atoms with van der Waals surface area (Å²) in [5, 5.41) is 20.6. The largest absolute Gasteiger partial charge is 0.322 e. The Morgan fingerprint density at radius 3 is 2.09 bits per heavy atom. The van der Waals surface area contributed by atoms with Crippen LogP contribution in [0.15, 0.2) is 29.3 Å². The lowest BCUT2D eigenvalue weighted by Gasteiger charge is -1.93. The van der Waals surface area contributed by atoms with Crippen molar-refractivity contribution in [3.8, 4) is 0 Å². The van der Waals surface area contributed by atoms with Gasteiger partial charge in [-0.25, -0.2) is 4.98 Å². The number of nitrogens with zero attached hydrogens (tertiary/aromatic N) is 3. The minimum absolute atomic E-state index is 0.0428. The molecule has 0 unspecified atom stereocenters. The van der Waals surface area contributed by atoms with Crippen LogP contribution >= 0.6 is 56.8 Å². The van der Waals surface area contributed by atoms with Crippen molar-refractivity contribution in [2.75, 3.05) is 0 Å². The van der Waals surface area contributed by atoms with Crippen LogP contribution in [-0.4, -0.2) is 19.8 Å². The van der Waals surface area contributed by atoms with Crippen LogP contribution in [0.5, 0.6) is 0 Å². The summed E-state index contributed by atoms with van der Waals surface area (Å²) in [4.78, 5) is 35.8. The van der Waals surface area contributed by atoms with Crippen LogP contribution < -0.4 is 5.56 Å². The van der Waals surface area contributed by atoms with Crippen molar-refractivity contribution in [1.29, 1.82) is 0 Å². The van der Waals surface area contributed by atoms with Crippen LogP contribution in [0.3, 0.4) is 0 Å². The predicted molar refractivity (Wildman–Crippen MR) is 95.1 cm³/mol. The molecule has 0 bridgehead atoms. The number of nitro groups is 2. The van der Waals surface area contributed by atoms with E-state index < -0.39 is 9.85 Å². The SMILES string of the molecule is O=[N+]([O-])c1cnc(Cl)c(I)c1.O=c1[nH]cc([N+](=O)[O-])cc1I. The second-order valence-corrected chi connectivity index (χ2v) is 6.20. The van der Waals surface area contributed by atoms with E-state index in [-0.39, 0.29) is 22.1 Å². The molecule has 12 heteroatoms. The standard InChI is InChI=1S/C5H2ClIN2O2.C5H3IN2O3/c6-5-4(7)1-3(2-8-5)9(10)11;6-4-1-3(8(10)11)2-7-5(4)9/h1-2H;1-2H,(H,7,9). The van der Waals surface area contributed by atoms with Crippen molar-refractivity contribution >= 4 is 68.2 Å². The van der Waals surface area contributed by atoms with Gasteiger partial charge in [-0.2, -0.15) is 0 Å². The van der Waals surface area contributed by atoms with Crippen LogP contribution in [-0.2, 0) is 0 Å². The molecule has 9 nitrogen and oxygen atoms in total. The van der Waals surface area contributed by atoms with Gasteiger partial charge in [0.2, 0.25) is 0 Å². The maximum absolute atomic E-state index is 10.7. The Balaban J connectivity index is 0.000000220. The van der Waals surface area contributed by atoms with E-state index in [4.69, 9.17) is 11.6 Å². The van der Waals surface area contributed by atoms with Crippen molar-refractivity contribution in [1.82, 2.24) is 9.97 Å². The number of halogens is 3. The van der Waals surface area contributed by atoms with E-state index >= 15 is 0 Å². The molecule has 0 fully saturated rings. The molecule has 0 radical (unpaired) electrons. The lowest BCUT2D eigenvalue weighted by atomic mass is 10.4. The fourth-order valence-electron chi connectivity index (χ4n) is 1.06. The summed E-state index contributed by atoms with van der Waals surface area (Å²) < 4.78 is 0.898. The fourth-order valence-corrected chi connectivity index (χ4v) is 2.10. The molecule has 0 aliphatic heterocycles. The summed E-state index contributed by atoms with van der Waals surface area (Å²) in [6.45, 7) is 0. The number of aromatic nitrogens is 2. The Labute approximate surface area is 154 Å². The van der Waals surface area contributed by atoms with Gasteiger partial charge < -0.3 is 4.98 Å². The summed E-state index contributed by atoms with van der Waals surface area (Å²) in [7, 11) is 0. The third kappa shape index (κ3) is 5.45. The van der Waals surface area contributed by atoms with Crippen molar-refractivity contribution in [2.45, 2.75) is 0 Å². The third-order valence-corrected chi connectivity index (χ3v) is 4.29. The summed E-state index contributed by atoms with van der Waals surface area (Å²) in [5.74, 6) is 0. The van der Waals surface area contributed by atoms with E-state index in [1.807, 2.05) is 22.6 Å². The van der Waals surface area contributed by atoms with Crippen LogP contribution in [0.1, 0.15) is 0 Å². The molecule has 0 aliphatic carbocycles. The quantitative estimate of drug-likeness (QED) is 0.265. The fraction of sp³-hybridized carbons (Fsp3) is 0. The maximum atomic E-state index is 10.7. The molecule has 0 atom stereocenters. The van der Waals surface area contributed by atoms with Gasteiger partial charge in [-0.1, -0.05) is 11.6 Å². The molecule has 2 aromatic heterocycles. The van der Waals surface area contributed by atoms with E-state index in [2.05, 4.69) is 9.97 Å². The average molecular weight is 550 g/mol. The molecule has 0 aliphatic rings. The highest BCUT2D eigenvalue weighted by Gasteiger charge is 2.08. The molecule has 2 rings (SSSR count). The zero-order chi connectivity index (χ0) is 16.9. The lowest BCUT2D eigenvalue weighted by Crippen LogP contribution is -2.08. The van der Waals surface area contributed by atoms with Gasteiger partial charge in [0.1, 0.15) is 11.3 Å². The first-order chi connectivity index (χ1) is 10.2. The Hall–Kier alpha value is -1.35. The van der Waals surface area contributed by atoms with Crippen LogP contribution in [0, 0.1) is 27.4 Å². The summed E-state index contributed by atoms with van der Waals surface area (Å²) in [5.41, 5.74) is -0.455. The van der Waals surface area contributed by atoms with E-state index in [0.29, 0.717) is 7.14 Å². The van der Waals surface area contributed by atoms with E-state index in [1.165, 1.54) is 12.1 Å². The topological polar surface area (TPSA) is 132 Å². The highest BCUT2D eigenvalue weighted by atomic mass is 127. The highest BCUT2D eigenvalue weighted by molar-refractivity contribution is 14.1. The number of pyridine rings is 2. The van der Waals surface area contributed by atoms with Gasteiger partial charge in [0.15, 0.2) is 0 Å². The monoisotopic (exact) mass is 550 g/mol. The van der Waals surface area contributed by atoms with Crippen molar-refractivity contribution < 1.29 is 9.85 Å². The Bertz CT molecular complexity index is 782. The summed E-state index contributed by atoms with van der Waals surface area (Å²) in [6.07, 6.45) is 2.20. The third-order valence-electron chi connectivity index (χ3n) is 2.05. The Morgan fingerprint density at radius 1 is 1.09 bits per heavy atom. The van der Waals surface area contributed by atoms with Crippen molar-refractivity contribution in [2.24, 2.45) is 0 Å². The van der Waals surface area contributed by atoms with Crippen molar-refractivity contribution in [3.63, 3.8) is 0 Å². The smallest absolute Gasteiger partial charge is 0.288 e. The van der Waals surface area contributed by atoms with Crippen LogP contribution in [0.25, 0.3) is 0 Å². The van der Waals surface area contributed by atoms with Crippen LogP contribution in [0.4, 0.5) is 11.4 Å². The van der Waals surface area contributed by atoms with Crippen molar-refractivity contribution in [3.05, 3.63) is 67.4 Å². The minimum atomic E-state index is -0.557. The van der Waals surface area contributed by atoms with Gasteiger partial charge in [-0.05, 0) is 45.2 Å². The number of hydrogen-bond donors (Lipinski definition) is 1. The molecule has 116 valence electrons. The first-order valence-corrected chi connectivity index (χ1v) is 7.74. The molecule has 2 aromatic rings. The van der Waals surface area contributed by atoms with E-state index in [0.717, 1.165) is 12.4 Å². The Kier molecular flexibility index (Phi) is 7.08. The zero-order valence-electron chi connectivity index (χ0n) is 10.3. The first-order valence-electron chi connectivity index (χ1n) is 5.20. The molecule has 0 saturated carbocycles. The molecule has 22 heavy (non-hydrogen) atoms. The first kappa shape index (κ1) is 18.7. The van der Waals surface area contributed by atoms with Gasteiger partial charge in [0.05, 0.1) is 23.2 Å². The molecule has 1 N–H and O–H groups in total. The molecule has 0 saturated heterocycles. The number of hydrogen-bond acceptors (Lipinski definition) is 6. The van der Waals surface area contributed by atoms with Gasteiger partial charge in [-0.3, -0.25) is 25.0 Å². The van der Waals surface area contributed by atoms with Gasteiger partial charge in [0, 0.05) is 12.1 Å². The Morgan fingerprint density at radius 2 is 1.64 bits per heavy atom. The second kappa shape index (κ2) is 8.33. The second-order valence-electron chi connectivity index (χ2n) is 3.52. The molecule has 0 spiro atoms. The van der Waals surface area contributed by atoms with Gasteiger partial charge >= 0.3 is 0 Å². The normalized spacial score (nSPS) is 9.59. The van der Waals surface area contributed by atoms with Crippen LogP contribution in [0.2, 0.25) is 5.15 Å². The predicted octanol–water partition coefficient (Wildman–Crippen LogP) is 3.14. The summed E-state index contributed by atoms with van der Waals surface area (Å²) >= 11 is 9.16. The average Bonchev–Trinajstić information content (AvgIpc) is 2.45. The number of H-pyrrole nitrogens is 1. The molecule has 0 amide bonds. The number of aromatic amines is 1. The van der Waals surface area contributed by atoms with Gasteiger partial charge in [0.25, 0.3) is 16.9 Å². The zero-order valence-corrected chi connectivity index (χ0v) is 15.4. The molecular formula is C10H5ClI2N4O5. The lowest BCUT2D eigenvalue weighted by molar-refractivity contribution is -0.385. The molecule has 2 heterocycles.